The van der Waals surface area contributed by atoms with Crippen molar-refractivity contribution in [2.24, 2.45) is 5.73 Å². The molecule has 1 aromatic heterocycles. The molecule has 4 heteroatoms. The molecule has 19 heavy (non-hydrogen) atoms. The first kappa shape index (κ1) is 13.5. The van der Waals surface area contributed by atoms with Crippen LogP contribution in [0.25, 0.3) is 0 Å². The van der Waals surface area contributed by atoms with Crippen molar-refractivity contribution in [1.82, 2.24) is 9.55 Å². The van der Waals surface area contributed by atoms with Crippen molar-refractivity contribution in [3.05, 3.63) is 53.1 Å². The summed E-state index contributed by atoms with van der Waals surface area (Å²) in [5.74, 6) is 0.0458. The molecule has 0 saturated carbocycles. The molecular formula is C15H19N3O. The summed E-state index contributed by atoms with van der Waals surface area (Å²) in [5.41, 5.74) is 9.36. The van der Waals surface area contributed by atoms with Crippen molar-refractivity contribution in [2.45, 2.75) is 26.8 Å². The predicted molar refractivity (Wildman–Crippen MR) is 75.2 cm³/mol. The number of nitrogens with zero attached hydrogens (tertiary/aromatic N) is 2. The lowest BCUT2D eigenvalue weighted by Crippen LogP contribution is -2.08. The Morgan fingerprint density at radius 3 is 2.89 bits per heavy atom. The molecule has 0 bridgehead atoms. The Balaban J connectivity index is 2.13. The molecule has 0 aliphatic carbocycles. The maximum atomic E-state index is 12.2. The molecule has 0 atom stereocenters. The lowest BCUT2D eigenvalue weighted by Gasteiger charge is -2.05. The number of benzene rings is 1. The third-order valence-electron chi connectivity index (χ3n) is 3.16. The van der Waals surface area contributed by atoms with Crippen LogP contribution in [0.4, 0.5) is 0 Å². The van der Waals surface area contributed by atoms with E-state index in [-0.39, 0.29) is 5.78 Å². The van der Waals surface area contributed by atoms with E-state index in [2.05, 4.69) is 17.1 Å². The predicted octanol–water partition coefficient (Wildman–Crippen LogP) is 1.88. The number of ketones is 1. The molecule has 1 aromatic carbocycles. The van der Waals surface area contributed by atoms with Gasteiger partial charge >= 0.3 is 0 Å². The number of aromatic nitrogens is 2. The Morgan fingerprint density at radius 1 is 1.37 bits per heavy atom. The normalized spacial score (nSPS) is 10.7. The van der Waals surface area contributed by atoms with E-state index < -0.39 is 0 Å². The number of nitrogens with two attached hydrogens (primary N) is 1. The van der Waals surface area contributed by atoms with Crippen molar-refractivity contribution in [1.29, 1.82) is 0 Å². The molecular weight excluding hydrogens is 238 g/mol. The second-order valence-corrected chi connectivity index (χ2v) is 4.82. The van der Waals surface area contributed by atoms with Crippen molar-refractivity contribution in [3.63, 3.8) is 0 Å². The molecule has 0 amide bonds. The molecule has 4 nitrogen and oxygen atoms in total. The van der Waals surface area contributed by atoms with E-state index in [9.17, 15) is 4.79 Å². The Morgan fingerprint density at radius 2 is 2.16 bits per heavy atom. The van der Waals surface area contributed by atoms with Crippen LogP contribution in [0, 0.1) is 13.8 Å². The van der Waals surface area contributed by atoms with Gasteiger partial charge in [-0.3, -0.25) is 4.79 Å². The molecule has 2 rings (SSSR count). The summed E-state index contributed by atoms with van der Waals surface area (Å²) in [6.07, 6.45) is 3.82. The summed E-state index contributed by atoms with van der Waals surface area (Å²) in [7, 11) is 0. The molecule has 100 valence electrons. The van der Waals surface area contributed by atoms with E-state index in [1.54, 1.807) is 12.5 Å². The summed E-state index contributed by atoms with van der Waals surface area (Å²) in [6, 6.07) is 6.16. The van der Waals surface area contributed by atoms with Crippen LogP contribution in [0.5, 0.6) is 0 Å². The highest BCUT2D eigenvalue weighted by molar-refractivity contribution is 5.95. The van der Waals surface area contributed by atoms with Gasteiger partial charge in [0.2, 0.25) is 0 Å². The van der Waals surface area contributed by atoms with Gasteiger partial charge in [-0.2, -0.15) is 0 Å². The minimum Gasteiger partial charge on any atom is -0.335 e. The van der Waals surface area contributed by atoms with Crippen LogP contribution in [-0.4, -0.2) is 21.9 Å². The molecule has 2 N–H and O–H groups in total. The number of hydrogen-bond acceptors (Lipinski definition) is 3. The van der Waals surface area contributed by atoms with Crippen LogP contribution in [0.3, 0.4) is 0 Å². The topological polar surface area (TPSA) is 60.9 Å². The zero-order chi connectivity index (χ0) is 13.8. The third kappa shape index (κ3) is 3.29. The summed E-state index contributed by atoms with van der Waals surface area (Å²) >= 11 is 0. The van der Waals surface area contributed by atoms with Crippen LogP contribution >= 0.6 is 0 Å². The van der Waals surface area contributed by atoms with Gasteiger partial charge in [0.15, 0.2) is 5.78 Å². The minimum atomic E-state index is 0.0458. The molecule has 0 unspecified atom stereocenters. The summed E-state index contributed by atoms with van der Waals surface area (Å²) in [4.78, 5) is 16.3. The van der Waals surface area contributed by atoms with E-state index >= 15 is 0 Å². The van der Waals surface area contributed by atoms with Gasteiger partial charge in [-0.05, 0) is 25.0 Å². The lowest BCUT2D eigenvalue weighted by molar-refractivity contribution is 0.0988. The number of carbonyl (C=O) groups is 1. The molecule has 0 fully saturated rings. The minimum absolute atomic E-state index is 0.0458. The third-order valence-corrected chi connectivity index (χ3v) is 3.16. The highest BCUT2D eigenvalue weighted by Gasteiger charge is 2.11. The maximum Gasteiger partial charge on any atom is 0.187 e. The summed E-state index contributed by atoms with van der Waals surface area (Å²) < 4.78 is 1.84. The van der Waals surface area contributed by atoms with E-state index in [1.807, 2.05) is 24.5 Å². The standard InChI is InChI=1S/C15H19N3O/c1-11-3-4-12(2)13(7-11)8-15(19)14-9-18(6-5-16)10-17-14/h3-4,7,9-10H,5-6,8,16H2,1-2H3. The fourth-order valence-electron chi connectivity index (χ4n) is 2.03. The van der Waals surface area contributed by atoms with E-state index in [1.165, 1.54) is 5.56 Å². The average molecular weight is 257 g/mol. The van der Waals surface area contributed by atoms with Crippen LogP contribution in [0.1, 0.15) is 27.2 Å². The van der Waals surface area contributed by atoms with Gasteiger partial charge < -0.3 is 10.3 Å². The van der Waals surface area contributed by atoms with Gasteiger partial charge in [-0.25, -0.2) is 4.98 Å². The molecule has 0 aliphatic heterocycles. The number of hydrogen-bond donors (Lipinski definition) is 1. The van der Waals surface area contributed by atoms with E-state index in [0.29, 0.717) is 25.2 Å². The second kappa shape index (κ2) is 5.80. The molecule has 1 heterocycles. The fraction of sp³-hybridized carbons (Fsp3) is 0.333. The highest BCUT2D eigenvalue weighted by atomic mass is 16.1. The summed E-state index contributed by atoms with van der Waals surface area (Å²) in [6.45, 7) is 5.28. The Kier molecular flexibility index (Phi) is 4.12. The largest absolute Gasteiger partial charge is 0.335 e. The van der Waals surface area contributed by atoms with Crippen LogP contribution in [0.15, 0.2) is 30.7 Å². The van der Waals surface area contributed by atoms with Gasteiger partial charge in [-0.15, -0.1) is 0 Å². The number of imidazole rings is 1. The monoisotopic (exact) mass is 257 g/mol. The zero-order valence-corrected chi connectivity index (χ0v) is 11.4. The number of rotatable bonds is 5. The molecule has 0 radical (unpaired) electrons. The first-order valence-corrected chi connectivity index (χ1v) is 6.41. The average Bonchev–Trinajstić information content (AvgIpc) is 2.83. The van der Waals surface area contributed by atoms with Crippen LogP contribution in [0.2, 0.25) is 0 Å². The Hall–Kier alpha value is -1.94. The highest BCUT2D eigenvalue weighted by Crippen LogP contribution is 2.13. The van der Waals surface area contributed by atoms with Crippen molar-refractivity contribution < 1.29 is 4.79 Å². The number of Topliss-reactive ketones (excluding diaryl/α,β-unsaturated/α-hetero) is 1. The number of aryl methyl sites for hydroxylation is 2. The van der Waals surface area contributed by atoms with Crippen LogP contribution < -0.4 is 5.73 Å². The first-order chi connectivity index (χ1) is 9.10. The first-order valence-electron chi connectivity index (χ1n) is 6.41. The second-order valence-electron chi connectivity index (χ2n) is 4.82. The summed E-state index contributed by atoms with van der Waals surface area (Å²) in [5, 5.41) is 0. The number of carbonyl (C=O) groups excluding carboxylic acids is 1. The van der Waals surface area contributed by atoms with E-state index in [0.717, 1.165) is 11.1 Å². The Bertz CT molecular complexity index is 587. The maximum absolute atomic E-state index is 12.2. The quantitative estimate of drug-likeness (QED) is 0.832. The molecule has 2 aromatic rings. The van der Waals surface area contributed by atoms with Gasteiger partial charge in [0, 0.05) is 25.7 Å². The van der Waals surface area contributed by atoms with E-state index in [4.69, 9.17) is 5.73 Å². The smallest absolute Gasteiger partial charge is 0.187 e. The Labute approximate surface area is 113 Å². The van der Waals surface area contributed by atoms with Gasteiger partial charge in [0.1, 0.15) is 5.69 Å². The fourth-order valence-corrected chi connectivity index (χ4v) is 2.03. The van der Waals surface area contributed by atoms with Gasteiger partial charge in [0.25, 0.3) is 0 Å². The molecule has 0 spiro atoms. The van der Waals surface area contributed by atoms with Gasteiger partial charge in [-0.1, -0.05) is 23.8 Å². The zero-order valence-electron chi connectivity index (χ0n) is 11.4. The SMILES string of the molecule is Cc1ccc(C)c(CC(=O)c2cn(CCN)cn2)c1. The van der Waals surface area contributed by atoms with Gasteiger partial charge in [0.05, 0.1) is 6.33 Å². The molecule has 0 aliphatic rings. The van der Waals surface area contributed by atoms with Crippen molar-refractivity contribution >= 4 is 5.78 Å². The van der Waals surface area contributed by atoms with Crippen molar-refractivity contribution in [3.8, 4) is 0 Å². The molecule has 0 saturated heterocycles. The lowest BCUT2D eigenvalue weighted by atomic mass is 10.00. The van der Waals surface area contributed by atoms with Crippen molar-refractivity contribution in [2.75, 3.05) is 6.54 Å². The van der Waals surface area contributed by atoms with Crippen LogP contribution in [-0.2, 0) is 13.0 Å².